The number of piperidine rings is 4. The van der Waals surface area contributed by atoms with Crippen molar-refractivity contribution in [3.63, 3.8) is 0 Å². The molecule has 4 saturated heterocycles. The first kappa shape index (κ1) is 13.8. The first-order chi connectivity index (χ1) is 9.15. The van der Waals surface area contributed by atoms with Crippen LogP contribution in [0.4, 0.5) is 0 Å². The monoisotopic (exact) mass is 265 g/mol. The Morgan fingerprint density at radius 2 is 1.68 bits per heavy atom. The van der Waals surface area contributed by atoms with Gasteiger partial charge in [0.2, 0.25) is 0 Å². The molecule has 4 rings (SSSR count). The zero-order chi connectivity index (χ0) is 13.5. The van der Waals surface area contributed by atoms with E-state index in [1.54, 1.807) is 0 Å². The summed E-state index contributed by atoms with van der Waals surface area (Å²) in [5.74, 6) is 2.65. The molecule has 1 unspecified atom stereocenters. The van der Waals surface area contributed by atoms with Crippen molar-refractivity contribution in [2.75, 3.05) is 39.3 Å². The standard InChI is InChI=1S/C16H31N3/c1-13(2)14-3-9-19(10-4-14)16(11-17)12-18-7-5-15(16)6-8-18/h13-15H,3-12,17H2,1-2H3. The van der Waals surface area contributed by atoms with Gasteiger partial charge in [0.05, 0.1) is 0 Å². The van der Waals surface area contributed by atoms with Crippen molar-refractivity contribution in [1.82, 2.24) is 9.80 Å². The smallest absolute Gasteiger partial charge is 0.0487 e. The van der Waals surface area contributed by atoms with E-state index in [-0.39, 0.29) is 0 Å². The highest BCUT2D eigenvalue weighted by molar-refractivity contribution is 5.06. The maximum Gasteiger partial charge on any atom is 0.0487 e. The number of hydrogen-bond acceptors (Lipinski definition) is 3. The van der Waals surface area contributed by atoms with E-state index < -0.39 is 0 Å². The molecule has 2 bridgehead atoms. The van der Waals surface area contributed by atoms with Gasteiger partial charge in [-0.1, -0.05) is 13.8 Å². The van der Waals surface area contributed by atoms with Crippen LogP contribution >= 0.6 is 0 Å². The molecule has 0 spiro atoms. The molecule has 110 valence electrons. The van der Waals surface area contributed by atoms with Crippen LogP contribution in [0.1, 0.15) is 39.5 Å². The zero-order valence-corrected chi connectivity index (χ0v) is 12.8. The van der Waals surface area contributed by atoms with E-state index in [2.05, 4.69) is 23.6 Å². The maximum atomic E-state index is 6.28. The third-order valence-corrected chi connectivity index (χ3v) is 6.31. The Labute approximate surface area is 118 Å². The molecule has 3 nitrogen and oxygen atoms in total. The second kappa shape index (κ2) is 5.34. The lowest BCUT2D eigenvalue weighted by Gasteiger charge is -2.59. The lowest BCUT2D eigenvalue weighted by atomic mass is 9.70. The van der Waals surface area contributed by atoms with Gasteiger partial charge in [-0.25, -0.2) is 0 Å². The minimum Gasteiger partial charge on any atom is -0.329 e. The summed E-state index contributed by atoms with van der Waals surface area (Å²) in [5.41, 5.74) is 6.60. The Morgan fingerprint density at radius 3 is 2.11 bits per heavy atom. The molecule has 0 amide bonds. The van der Waals surface area contributed by atoms with Crippen LogP contribution in [0.2, 0.25) is 0 Å². The Balaban J connectivity index is 1.70. The fourth-order valence-corrected chi connectivity index (χ4v) is 4.87. The summed E-state index contributed by atoms with van der Waals surface area (Å²) in [6.45, 7) is 12.1. The summed E-state index contributed by atoms with van der Waals surface area (Å²) in [5, 5.41) is 0. The van der Waals surface area contributed by atoms with Crippen molar-refractivity contribution in [3.8, 4) is 0 Å². The zero-order valence-electron chi connectivity index (χ0n) is 12.8. The van der Waals surface area contributed by atoms with Gasteiger partial charge in [-0.05, 0) is 69.6 Å². The molecular formula is C16H31N3. The molecule has 0 aromatic carbocycles. The molecule has 0 radical (unpaired) electrons. The van der Waals surface area contributed by atoms with Crippen LogP contribution in [0.25, 0.3) is 0 Å². The van der Waals surface area contributed by atoms with Crippen molar-refractivity contribution in [2.45, 2.75) is 45.1 Å². The topological polar surface area (TPSA) is 32.5 Å². The van der Waals surface area contributed by atoms with Crippen LogP contribution in [0.5, 0.6) is 0 Å². The van der Waals surface area contributed by atoms with Crippen molar-refractivity contribution in [1.29, 1.82) is 0 Å². The van der Waals surface area contributed by atoms with Gasteiger partial charge >= 0.3 is 0 Å². The first-order valence-electron chi connectivity index (χ1n) is 8.33. The molecule has 0 aromatic heterocycles. The Bertz CT molecular complexity index is 301. The minimum atomic E-state index is 0.318. The van der Waals surface area contributed by atoms with E-state index in [0.29, 0.717) is 5.54 Å². The van der Waals surface area contributed by atoms with Crippen molar-refractivity contribution in [2.24, 2.45) is 23.5 Å². The summed E-state index contributed by atoms with van der Waals surface area (Å²) in [6, 6.07) is 0. The number of hydrogen-bond donors (Lipinski definition) is 1. The van der Waals surface area contributed by atoms with Gasteiger partial charge in [0.25, 0.3) is 0 Å². The molecule has 3 heteroatoms. The number of nitrogens with two attached hydrogens (primary N) is 1. The lowest BCUT2D eigenvalue weighted by molar-refractivity contribution is -0.0804. The van der Waals surface area contributed by atoms with Crippen LogP contribution < -0.4 is 5.73 Å². The fourth-order valence-electron chi connectivity index (χ4n) is 4.87. The van der Waals surface area contributed by atoms with Crippen LogP contribution in [0.3, 0.4) is 0 Å². The molecule has 0 aromatic rings. The van der Waals surface area contributed by atoms with Gasteiger partial charge in [-0.3, -0.25) is 4.90 Å². The van der Waals surface area contributed by atoms with E-state index in [1.165, 1.54) is 58.4 Å². The van der Waals surface area contributed by atoms with E-state index in [9.17, 15) is 0 Å². The van der Waals surface area contributed by atoms with Crippen molar-refractivity contribution < 1.29 is 0 Å². The summed E-state index contributed by atoms with van der Waals surface area (Å²) in [7, 11) is 0. The fraction of sp³-hybridized carbons (Fsp3) is 1.00. The van der Waals surface area contributed by atoms with Crippen molar-refractivity contribution in [3.05, 3.63) is 0 Å². The number of nitrogens with zero attached hydrogens (tertiary/aromatic N) is 2. The highest BCUT2D eigenvalue weighted by Crippen LogP contribution is 2.41. The maximum absolute atomic E-state index is 6.28. The predicted octanol–water partition coefficient (Wildman–Crippen LogP) is 1.78. The average molecular weight is 265 g/mol. The second-order valence-electron chi connectivity index (χ2n) is 7.43. The Kier molecular flexibility index (Phi) is 3.89. The molecule has 4 aliphatic rings. The Hall–Kier alpha value is -0.120. The minimum absolute atomic E-state index is 0.318. The summed E-state index contributed by atoms with van der Waals surface area (Å²) in [4.78, 5) is 5.43. The molecule has 19 heavy (non-hydrogen) atoms. The first-order valence-corrected chi connectivity index (χ1v) is 8.33. The molecular weight excluding hydrogens is 234 g/mol. The van der Waals surface area contributed by atoms with Crippen LogP contribution in [-0.2, 0) is 0 Å². The Morgan fingerprint density at radius 1 is 1.05 bits per heavy atom. The normalized spacial score (nSPS) is 41.1. The molecule has 4 heterocycles. The van der Waals surface area contributed by atoms with Gasteiger partial charge in [-0.2, -0.15) is 0 Å². The van der Waals surface area contributed by atoms with E-state index in [4.69, 9.17) is 5.73 Å². The largest absolute Gasteiger partial charge is 0.329 e. The molecule has 4 fully saturated rings. The van der Waals surface area contributed by atoms with Gasteiger partial charge in [-0.15, -0.1) is 0 Å². The second-order valence-corrected chi connectivity index (χ2v) is 7.43. The van der Waals surface area contributed by atoms with E-state index in [1.807, 2.05) is 0 Å². The average Bonchev–Trinajstić information content (AvgIpc) is 2.48. The van der Waals surface area contributed by atoms with Crippen LogP contribution in [0.15, 0.2) is 0 Å². The van der Waals surface area contributed by atoms with E-state index >= 15 is 0 Å². The van der Waals surface area contributed by atoms with Crippen molar-refractivity contribution >= 4 is 0 Å². The number of rotatable bonds is 3. The van der Waals surface area contributed by atoms with Crippen LogP contribution in [0, 0.1) is 17.8 Å². The molecule has 4 aliphatic heterocycles. The molecule has 2 N–H and O–H groups in total. The van der Waals surface area contributed by atoms with Crippen LogP contribution in [-0.4, -0.2) is 54.6 Å². The molecule has 0 aliphatic carbocycles. The predicted molar refractivity (Wildman–Crippen MR) is 80.1 cm³/mol. The van der Waals surface area contributed by atoms with Gasteiger partial charge < -0.3 is 10.6 Å². The molecule has 0 saturated carbocycles. The van der Waals surface area contributed by atoms with Gasteiger partial charge in [0.15, 0.2) is 0 Å². The quantitative estimate of drug-likeness (QED) is 0.844. The molecule has 1 atom stereocenters. The third kappa shape index (κ3) is 2.34. The summed E-state index contributed by atoms with van der Waals surface area (Å²) in [6.07, 6.45) is 5.51. The number of fused-ring (bicyclic) bond motifs is 3. The number of likely N-dealkylation sites (tertiary alicyclic amines) is 1. The van der Waals surface area contributed by atoms with Gasteiger partial charge in [0, 0.05) is 18.6 Å². The highest BCUT2D eigenvalue weighted by atomic mass is 15.3. The van der Waals surface area contributed by atoms with E-state index in [0.717, 1.165) is 24.3 Å². The summed E-state index contributed by atoms with van der Waals surface area (Å²) >= 11 is 0. The SMILES string of the molecule is CC(C)C1CCN(C2(CN)CN3CCC2CC3)CC1. The summed E-state index contributed by atoms with van der Waals surface area (Å²) < 4.78 is 0. The highest BCUT2D eigenvalue weighted by Gasteiger charge is 2.49. The third-order valence-electron chi connectivity index (χ3n) is 6.31. The lowest BCUT2D eigenvalue weighted by Crippen LogP contribution is -2.71. The van der Waals surface area contributed by atoms with Gasteiger partial charge in [0.1, 0.15) is 0 Å².